The van der Waals surface area contributed by atoms with Crippen molar-refractivity contribution in [3.63, 3.8) is 0 Å². The Bertz CT molecular complexity index is 1400. The van der Waals surface area contributed by atoms with E-state index in [4.69, 9.17) is 9.84 Å². The molecule has 0 aliphatic carbocycles. The molecule has 0 spiro atoms. The van der Waals surface area contributed by atoms with Crippen molar-refractivity contribution in [2.24, 2.45) is 0 Å². The first-order chi connectivity index (χ1) is 17.1. The van der Waals surface area contributed by atoms with Crippen molar-refractivity contribution < 1.29 is 31.5 Å². The second-order valence-corrected chi connectivity index (χ2v) is 13.9. The van der Waals surface area contributed by atoms with Gasteiger partial charge in [0, 0.05) is 23.7 Å². The van der Waals surface area contributed by atoms with Gasteiger partial charge in [-0.25, -0.2) is 21.6 Å². The quantitative estimate of drug-likeness (QED) is 0.298. The number of sulfone groups is 1. The normalized spacial score (nSPS) is 12.1. The van der Waals surface area contributed by atoms with E-state index >= 15 is 0 Å². The Kier molecular flexibility index (Phi) is 9.59. The second-order valence-electron chi connectivity index (χ2n) is 7.75. The number of carbonyl (C=O) groups is 1. The third kappa shape index (κ3) is 6.68. The van der Waals surface area contributed by atoms with Crippen molar-refractivity contribution in [3.05, 3.63) is 65.5 Å². The largest absolute Gasteiger partial charge is 0.482 e. The minimum absolute atomic E-state index is 0.0450. The number of benzene rings is 2. The minimum atomic E-state index is -4.04. The molecule has 0 saturated heterocycles. The molecule has 12 heteroatoms. The summed E-state index contributed by atoms with van der Waals surface area (Å²) in [5, 5.41) is 10.3. The van der Waals surface area contributed by atoms with E-state index in [0.717, 1.165) is 21.8 Å². The van der Waals surface area contributed by atoms with E-state index in [1.165, 1.54) is 39.6 Å². The fourth-order valence-electron chi connectivity index (χ4n) is 3.39. The van der Waals surface area contributed by atoms with Crippen molar-refractivity contribution in [3.8, 4) is 5.75 Å². The summed E-state index contributed by atoms with van der Waals surface area (Å²) in [5.41, 5.74) is 0.772. The van der Waals surface area contributed by atoms with Gasteiger partial charge < -0.3 is 9.84 Å². The lowest BCUT2D eigenvalue weighted by Crippen LogP contribution is -2.34. The number of thiophene rings is 1. The van der Waals surface area contributed by atoms with Crippen LogP contribution in [0.3, 0.4) is 0 Å². The molecule has 36 heavy (non-hydrogen) atoms. The Morgan fingerprint density at radius 2 is 1.78 bits per heavy atom. The molecule has 0 aliphatic heterocycles. The lowest BCUT2D eigenvalue weighted by atomic mass is 10.2. The maximum atomic E-state index is 13.5. The molecule has 0 aliphatic rings. The first-order valence-electron chi connectivity index (χ1n) is 11.0. The Balaban J connectivity index is 1.76. The number of nitrogens with zero attached hydrogens (tertiary/aromatic N) is 1. The van der Waals surface area contributed by atoms with Crippen molar-refractivity contribution in [2.45, 2.75) is 39.2 Å². The highest BCUT2D eigenvalue weighted by Gasteiger charge is 2.33. The van der Waals surface area contributed by atoms with Crippen molar-refractivity contribution >= 4 is 48.9 Å². The molecule has 3 aromatic rings. The molecular weight excluding hydrogens is 543 g/mol. The van der Waals surface area contributed by atoms with Crippen molar-refractivity contribution in [1.29, 1.82) is 0 Å². The van der Waals surface area contributed by atoms with Crippen LogP contribution in [0.5, 0.6) is 5.75 Å². The maximum absolute atomic E-state index is 13.5. The van der Waals surface area contributed by atoms with Gasteiger partial charge >= 0.3 is 5.97 Å². The summed E-state index contributed by atoms with van der Waals surface area (Å²) in [5.74, 6) is -0.141. The molecule has 1 aromatic heterocycles. The Morgan fingerprint density at radius 3 is 2.42 bits per heavy atom. The van der Waals surface area contributed by atoms with E-state index < -0.39 is 32.4 Å². The number of aryl methyl sites for hydroxylation is 1. The molecule has 0 fully saturated rings. The molecular formula is C24H27NO7S4. The van der Waals surface area contributed by atoms with Crippen LogP contribution >= 0.6 is 23.1 Å². The van der Waals surface area contributed by atoms with Crippen LogP contribution in [0.15, 0.2) is 78.9 Å². The monoisotopic (exact) mass is 569 g/mol. The standard InChI is InChI=1S/C24H27NO7S4/c1-3-12-25(13-15-33-19-9-10-21(18(2)16-19)32-17-23(26)27)36(30,31)24-22(11-14-34-24)35(28,29)20-7-5-4-6-8-20/h4-11,14,16H,3,12-13,15,17H2,1-2H3,(H,26,27). The Hall–Kier alpha value is -2.38. The number of sulfonamides is 1. The number of rotatable bonds is 13. The minimum Gasteiger partial charge on any atom is -0.482 e. The van der Waals surface area contributed by atoms with Gasteiger partial charge in [-0.15, -0.1) is 23.1 Å². The number of hydrogen-bond acceptors (Lipinski definition) is 8. The Labute approximate surface area is 219 Å². The summed E-state index contributed by atoms with van der Waals surface area (Å²) in [6, 6.07) is 14.5. The van der Waals surface area contributed by atoms with Gasteiger partial charge in [-0.2, -0.15) is 4.31 Å². The molecule has 2 aromatic carbocycles. The molecule has 8 nitrogen and oxygen atoms in total. The van der Waals surface area contributed by atoms with E-state index in [1.807, 2.05) is 13.0 Å². The number of ether oxygens (including phenoxy) is 1. The van der Waals surface area contributed by atoms with E-state index in [-0.39, 0.29) is 27.1 Å². The summed E-state index contributed by atoms with van der Waals surface area (Å²) in [6.45, 7) is 3.69. The lowest BCUT2D eigenvalue weighted by molar-refractivity contribution is -0.139. The number of carboxylic acid groups (broad SMARTS) is 1. The fraction of sp³-hybridized carbons (Fsp3) is 0.292. The van der Waals surface area contributed by atoms with E-state index in [2.05, 4.69) is 0 Å². The molecule has 0 atom stereocenters. The molecule has 0 radical (unpaired) electrons. The number of thioether (sulfide) groups is 1. The van der Waals surface area contributed by atoms with Gasteiger partial charge in [-0.3, -0.25) is 0 Å². The van der Waals surface area contributed by atoms with Gasteiger partial charge in [0.15, 0.2) is 10.8 Å². The summed E-state index contributed by atoms with van der Waals surface area (Å²) in [4.78, 5) is 11.4. The summed E-state index contributed by atoms with van der Waals surface area (Å²) < 4.78 is 59.8. The van der Waals surface area contributed by atoms with E-state index in [9.17, 15) is 21.6 Å². The molecule has 194 valence electrons. The molecule has 0 saturated carbocycles. The van der Waals surface area contributed by atoms with Crippen LogP contribution in [0.1, 0.15) is 18.9 Å². The number of hydrogen-bond donors (Lipinski definition) is 1. The van der Waals surface area contributed by atoms with Gasteiger partial charge in [0.05, 0.1) is 4.90 Å². The zero-order valence-electron chi connectivity index (χ0n) is 19.8. The topological polar surface area (TPSA) is 118 Å². The first-order valence-corrected chi connectivity index (χ1v) is 15.8. The van der Waals surface area contributed by atoms with Gasteiger partial charge in [0.25, 0.3) is 10.0 Å². The summed E-state index contributed by atoms with van der Waals surface area (Å²) in [6.07, 6.45) is 0.574. The third-order valence-corrected chi connectivity index (χ3v) is 11.5. The molecule has 0 bridgehead atoms. The zero-order chi connectivity index (χ0) is 26.3. The lowest BCUT2D eigenvalue weighted by Gasteiger charge is -2.21. The number of carboxylic acids is 1. The fourth-order valence-corrected chi connectivity index (χ4v) is 9.72. The van der Waals surface area contributed by atoms with Gasteiger partial charge in [-0.05, 0) is 60.7 Å². The SMILES string of the molecule is CCCN(CCSc1ccc(OCC(=O)O)c(C)c1)S(=O)(=O)c1sccc1S(=O)(=O)c1ccccc1. The molecule has 0 unspecified atom stereocenters. The summed E-state index contributed by atoms with van der Waals surface area (Å²) >= 11 is 2.35. The second kappa shape index (κ2) is 12.2. The zero-order valence-corrected chi connectivity index (χ0v) is 23.1. The van der Waals surface area contributed by atoms with E-state index in [0.29, 0.717) is 17.9 Å². The van der Waals surface area contributed by atoms with Crippen LogP contribution in [0.25, 0.3) is 0 Å². The first kappa shape index (κ1) is 28.2. The van der Waals surface area contributed by atoms with Crippen LogP contribution in [0.4, 0.5) is 0 Å². The molecule has 1 heterocycles. The highest BCUT2D eigenvalue weighted by Crippen LogP contribution is 2.34. The highest BCUT2D eigenvalue weighted by molar-refractivity contribution is 7.99. The average Bonchev–Trinajstić information content (AvgIpc) is 3.35. The smallest absolute Gasteiger partial charge is 0.341 e. The highest BCUT2D eigenvalue weighted by atomic mass is 32.2. The predicted octanol–water partition coefficient (Wildman–Crippen LogP) is 4.55. The van der Waals surface area contributed by atoms with Gasteiger partial charge in [-0.1, -0.05) is 25.1 Å². The van der Waals surface area contributed by atoms with Gasteiger partial charge in [0.1, 0.15) is 10.6 Å². The van der Waals surface area contributed by atoms with Gasteiger partial charge in [0.2, 0.25) is 9.84 Å². The molecule has 0 amide bonds. The summed E-state index contributed by atoms with van der Waals surface area (Å²) in [7, 11) is -8.03. The van der Waals surface area contributed by atoms with Crippen LogP contribution in [-0.2, 0) is 24.7 Å². The number of aliphatic carboxylic acids is 1. The Morgan fingerprint density at radius 1 is 1.06 bits per heavy atom. The molecule has 1 N–H and O–H groups in total. The van der Waals surface area contributed by atoms with Crippen LogP contribution in [0.2, 0.25) is 0 Å². The molecule has 3 rings (SSSR count). The maximum Gasteiger partial charge on any atom is 0.341 e. The van der Waals surface area contributed by atoms with Crippen LogP contribution in [0, 0.1) is 6.92 Å². The third-order valence-electron chi connectivity index (χ3n) is 5.09. The van der Waals surface area contributed by atoms with Crippen molar-refractivity contribution in [1.82, 2.24) is 4.31 Å². The van der Waals surface area contributed by atoms with Crippen LogP contribution < -0.4 is 4.74 Å². The van der Waals surface area contributed by atoms with Crippen LogP contribution in [-0.4, -0.2) is 57.7 Å². The average molecular weight is 570 g/mol. The van der Waals surface area contributed by atoms with E-state index in [1.54, 1.807) is 37.3 Å². The predicted molar refractivity (Wildman–Crippen MR) is 140 cm³/mol. The van der Waals surface area contributed by atoms with Crippen molar-refractivity contribution in [2.75, 3.05) is 25.4 Å².